The average molecular weight is 202 g/mol. The van der Waals surface area contributed by atoms with Crippen LogP contribution >= 0.6 is 11.6 Å². The molecule has 0 saturated carbocycles. The van der Waals surface area contributed by atoms with Gasteiger partial charge in [0.2, 0.25) is 5.91 Å². The van der Waals surface area contributed by atoms with E-state index in [2.05, 4.69) is 10.4 Å². The predicted molar refractivity (Wildman–Crippen MR) is 52.0 cm³/mol. The van der Waals surface area contributed by atoms with E-state index in [0.29, 0.717) is 0 Å². The summed E-state index contributed by atoms with van der Waals surface area (Å²) in [5.74, 6) is -0.239. The largest absolute Gasteiger partial charge is 0.322 e. The van der Waals surface area contributed by atoms with Crippen LogP contribution < -0.4 is 5.32 Å². The van der Waals surface area contributed by atoms with Gasteiger partial charge in [0.1, 0.15) is 5.88 Å². The maximum atomic E-state index is 11.0. The van der Waals surface area contributed by atoms with Crippen LogP contribution in [0.1, 0.15) is 12.6 Å². The van der Waals surface area contributed by atoms with Crippen molar-refractivity contribution in [1.82, 2.24) is 9.78 Å². The van der Waals surface area contributed by atoms with Crippen LogP contribution in [0.5, 0.6) is 0 Å². The van der Waals surface area contributed by atoms with Crippen molar-refractivity contribution in [3.8, 4) is 0 Å². The Morgan fingerprint density at radius 1 is 1.77 bits per heavy atom. The summed E-state index contributed by atoms with van der Waals surface area (Å²) in [4.78, 5) is 11.0. The molecule has 0 aliphatic rings. The molecule has 4 nitrogen and oxygen atoms in total. The smallest absolute Gasteiger partial charge is 0.239 e. The number of nitrogens with zero attached hydrogens (tertiary/aromatic N) is 2. The van der Waals surface area contributed by atoms with E-state index < -0.39 is 0 Å². The Bertz CT molecular complexity index is 308. The summed E-state index contributed by atoms with van der Waals surface area (Å²) < 4.78 is 1.81. The molecule has 0 unspecified atom stereocenters. The summed E-state index contributed by atoms with van der Waals surface area (Å²) in [7, 11) is 0. The summed E-state index contributed by atoms with van der Waals surface area (Å²) in [5, 5.41) is 6.74. The topological polar surface area (TPSA) is 46.9 Å². The predicted octanol–water partition coefficient (Wildman–Crippen LogP) is 1.39. The molecular formula is C8H12ClN3O. The molecule has 0 bridgehead atoms. The van der Waals surface area contributed by atoms with Gasteiger partial charge in [-0.15, -0.1) is 11.6 Å². The van der Waals surface area contributed by atoms with Gasteiger partial charge in [0, 0.05) is 6.54 Å². The van der Waals surface area contributed by atoms with Crippen LogP contribution in [0, 0.1) is 6.92 Å². The Labute approximate surface area is 81.9 Å². The van der Waals surface area contributed by atoms with Crippen LogP contribution in [-0.2, 0) is 11.3 Å². The van der Waals surface area contributed by atoms with Crippen molar-refractivity contribution in [2.45, 2.75) is 20.4 Å². The van der Waals surface area contributed by atoms with Gasteiger partial charge in [-0.05, 0) is 13.8 Å². The molecule has 1 aromatic rings. The van der Waals surface area contributed by atoms with Gasteiger partial charge in [0.15, 0.2) is 0 Å². The van der Waals surface area contributed by atoms with Crippen LogP contribution in [0.3, 0.4) is 0 Å². The minimum absolute atomic E-state index is 0.0310. The number of carbonyl (C=O) groups is 1. The second-order valence-corrected chi connectivity index (χ2v) is 2.91. The molecule has 0 radical (unpaired) electrons. The first-order chi connectivity index (χ1) is 6.19. The highest BCUT2D eigenvalue weighted by Gasteiger charge is 2.07. The zero-order valence-electron chi connectivity index (χ0n) is 7.67. The van der Waals surface area contributed by atoms with E-state index >= 15 is 0 Å². The normalized spacial score (nSPS) is 10.1. The molecule has 1 aromatic heterocycles. The lowest BCUT2D eigenvalue weighted by molar-refractivity contribution is -0.113. The van der Waals surface area contributed by atoms with Crippen LogP contribution in [0.15, 0.2) is 6.20 Å². The number of rotatable bonds is 3. The number of carbonyl (C=O) groups excluding carboxylic acids is 1. The van der Waals surface area contributed by atoms with Crippen LogP contribution in [0.4, 0.5) is 5.69 Å². The quantitative estimate of drug-likeness (QED) is 0.752. The molecule has 0 fully saturated rings. The highest BCUT2D eigenvalue weighted by molar-refractivity contribution is 6.29. The first kappa shape index (κ1) is 10.1. The Morgan fingerprint density at radius 2 is 2.46 bits per heavy atom. The van der Waals surface area contributed by atoms with E-state index in [-0.39, 0.29) is 11.8 Å². The summed E-state index contributed by atoms with van der Waals surface area (Å²) in [5.41, 5.74) is 1.67. The van der Waals surface area contributed by atoms with E-state index in [1.807, 2.05) is 18.5 Å². The fraction of sp³-hybridized carbons (Fsp3) is 0.500. The maximum absolute atomic E-state index is 11.0. The van der Waals surface area contributed by atoms with Crippen LogP contribution in [0.2, 0.25) is 0 Å². The third kappa shape index (κ3) is 2.21. The number of hydrogen-bond donors (Lipinski definition) is 1. The summed E-state index contributed by atoms with van der Waals surface area (Å²) >= 11 is 5.36. The second kappa shape index (κ2) is 4.28. The lowest BCUT2D eigenvalue weighted by Crippen LogP contribution is -2.13. The first-order valence-corrected chi connectivity index (χ1v) is 4.60. The standard InChI is InChI=1S/C8H12ClN3O/c1-3-12-6(2)7(5-10-12)11-8(13)4-9/h5H,3-4H2,1-2H3,(H,11,13). The summed E-state index contributed by atoms with van der Waals surface area (Å²) in [6.45, 7) is 4.69. The van der Waals surface area contributed by atoms with Crippen LogP contribution in [0.25, 0.3) is 0 Å². The second-order valence-electron chi connectivity index (χ2n) is 2.64. The van der Waals surface area contributed by atoms with Gasteiger partial charge < -0.3 is 5.32 Å². The van der Waals surface area contributed by atoms with E-state index in [4.69, 9.17) is 11.6 Å². The van der Waals surface area contributed by atoms with Crippen LogP contribution in [-0.4, -0.2) is 21.6 Å². The molecule has 0 spiro atoms. The van der Waals surface area contributed by atoms with Gasteiger partial charge in [0.05, 0.1) is 17.6 Å². The minimum atomic E-state index is -0.208. The molecule has 5 heteroatoms. The monoisotopic (exact) mass is 201 g/mol. The van der Waals surface area contributed by atoms with Crippen molar-refractivity contribution in [2.24, 2.45) is 0 Å². The molecular weight excluding hydrogens is 190 g/mol. The van der Waals surface area contributed by atoms with Gasteiger partial charge in [-0.25, -0.2) is 0 Å². The van der Waals surface area contributed by atoms with Crippen molar-refractivity contribution in [3.05, 3.63) is 11.9 Å². The summed E-state index contributed by atoms with van der Waals surface area (Å²) in [6, 6.07) is 0. The Morgan fingerprint density at radius 3 is 2.92 bits per heavy atom. The number of halogens is 1. The molecule has 1 N–H and O–H groups in total. The van der Waals surface area contributed by atoms with Crippen molar-refractivity contribution >= 4 is 23.2 Å². The number of amides is 1. The first-order valence-electron chi connectivity index (χ1n) is 4.07. The highest BCUT2D eigenvalue weighted by atomic mass is 35.5. The molecule has 1 amide bonds. The Kier molecular flexibility index (Phi) is 3.31. The van der Waals surface area contributed by atoms with Gasteiger partial charge in [-0.1, -0.05) is 0 Å². The molecule has 0 aliphatic carbocycles. The molecule has 1 rings (SSSR count). The number of aromatic nitrogens is 2. The number of alkyl halides is 1. The Hall–Kier alpha value is -1.03. The van der Waals surface area contributed by atoms with Crippen molar-refractivity contribution < 1.29 is 4.79 Å². The highest BCUT2D eigenvalue weighted by Crippen LogP contribution is 2.12. The lowest BCUT2D eigenvalue weighted by atomic mass is 10.4. The SMILES string of the molecule is CCn1ncc(NC(=O)CCl)c1C. The fourth-order valence-corrected chi connectivity index (χ4v) is 1.14. The zero-order chi connectivity index (χ0) is 9.84. The van der Waals surface area contributed by atoms with Gasteiger partial charge in [-0.3, -0.25) is 9.48 Å². The molecule has 0 aromatic carbocycles. The van der Waals surface area contributed by atoms with Crippen molar-refractivity contribution in [2.75, 3.05) is 11.2 Å². The van der Waals surface area contributed by atoms with E-state index in [0.717, 1.165) is 17.9 Å². The number of anilines is 1. The molecule has 0 atom stereocenters. The molecule has 72 valence electrons. The van der Waals surface area contributed by atoms with E-state index in [1.54, 1.807) is 6.20 Å². The molecule has 0 saturated heterocycles. The fourth-order valence-electron chi connectivity index (χ4n) is 1.07. The third-order valence-electron chi connectivity index (χ3n) is 1.80. The van der Waals surface area contributed by atoms with Gasteiger partial charge >= 0.3 is 0 Å². The van der Waals surface area contributed by atoms with E-state index in [9.17, 15) is 4.79 Å². The number of aryl methyl sites for hydroxylation is 1. The van der Waals surface area contributed by atoms with Gasteiger partial charge in [-0.2, -0.15) is 5.10 Å². The van der Waals surface area contributed by atoms with E-state index in [1.165, 1.54) is 0 Å². The zero-order valence-corrected chi connectivity index (χ0v) is 8.43. The maximum Gasteiger partial charge on any atom is 0.239 e. The Balaban J connectivity index is 2.78. The molecule has 0 aliphatic heterocycles. The average Bonchev–Trinajstić information content (AvgIpc) is 2.48. The number of hydrogen-bond acceptors (Lipinski definition) is 2. The van der Waals surface area contributed by atoms with Crippen molar-refractivity contribution in [1.29, 1.82) is 0 Å². The molecule has 1 heterocycles. The van der Waals surface area contributed by atoms with Crippen molar-refractivity contribution in [3.63, 3.8) is 0 Å². The lowest BCUT2D eigenvalue weighted by Gasteiger charge is -2.02. The summed E-state index contributed by atoms with van der Waals surface area (Å²) in [6.07, 6.45) is 1.63. The number of nitrogens with one attached hydrogen (secondary N) is 1. The minimum Gasteiger partial charge on any atom is -0.322 e. The van der Waals surface area contributed by atoms with Gasteiger partial charge in [0.25, 0.3) is 0 Å². The molecule has 13 heavy (non-hydrogen) atoms. The third-order valence-corrected chi connectivity index (χ3v) is 2.04.